The van der Waals surface area contributed by atoms with E-state index in [1.54, 1.807) is 7.05 Å². The molecule has 1 amide bonds. The second kappa shape index (κ2) is 5.67. The Labute approximate surface area is 99.4 Å². The average Bonchev–Trinajstić information content (AvgIpc) is 2.25. The first-order valence-corrected chi connectivity index (χ1v) is 6.41. The molecule has 2 atom stereocenters. The van der Waals surface area contributed by atoms with Crippen LogP contribution in [0, 0.1) is 11.3 Å². The lowest BCUT2D eigenvalue weighted by Gasteiger charge is -2.31. The average molecular weight is 226 g/mol. The quantitative estimate of drug-likeness (QED) is 0.769. The van der Waals surface area contributed by atoms with Crippen LogP contribution in [0.2, 0.25) is 0 Å². The Hall–Kier alpha value is -0.570. The van der Waals surface area contributed by atoms with E-state index >= 15 is 0 Å². The van der Waals surface area contributed by atoms with Crippen molar-refractivity contribution in [2.24, 2.45) is 11.3 Å². The maximum atomic E-state index is 11.6. The third kappa shape index (κ3) is 3.78. The minimum Gasteiger partial charge on any atom is -0.359 e. The molecule has 2 unspecified atom stereocenters. The highest BCUT2D eigenvalue weighted by Crippen LogP contribution is 2.24. The van der Waals surface area contributed by atoms with E-state index in [9.17, 15) is 4.79 Å². The number of nitrogens with one attached hydrogen (secondary N) is 2. The number of carbonyl (C=O) groups excluding carboxylic acids is 1. The van der Waals surface area contributed by atoms with Crippen LogP contribution in [0.4, 0.5) is 0 Å². The first kappa shape index (κ1) is 13.5. The third-order valence-electron chi connectivity index (χ3n) is 3.61. The molecule has 0 aromatic heterocycles. The SMILES string of the molecule is CNC(=O)C(C)(C)CNC1CCCC(C)C1. The lowest BCUT2D eigenvalue weighted by molar-refractivity contribution is -0.128. The van der Waals surface area contributed by atoms with Gasteiger partial charge in [0.2, 0.25) is 5.91 Å². The molecule has 0 spiro atoms. The molecule has 0 aliphatic heterocycles. The van der Waals surface area contributed by atoms with Crippen molar-refractivity contribution in [3.63, 3.8) is 0 Å². The summed E-state index contributed by atoms with van der Waals surface area (Å²) in [6.45, 7) is 7.07. The summed E-state index contributed by atoms with van der Waals surface area (Å²) in [7, 11) is 1.70. The Morgan fingerprint density at radius 2 is 2.06 bits per heavy atom. The van der Waals surface area contributed by atoms with Gasteiger partial charge in [0.05, 0.1) is 5.41 Å². The van der Waals surface area contributed by atoms with Gasteiger partial charge in [-0.05, 0) is 32.6 Å². The van der Waals surface area contributed by atoms with Crippen molar-refractivity contribution in [2.45, 2.75) is 52.5 Å². The summed E-state index contributed by atoms with van der Waals surface area (Å²) in [6.07, 6.45) is 5.19. The van der Waals surface area contributed by atoms with Crippen molar-refractivity contribution in [3.05, 3.63) is 0 Å². The van der Waals surface area contributed by atoms with Gasteiger partial charge in [-0.1, -0.05) is 19.8 Å². The van der Waals surface area contributed by atoms with Gasteiger partial charge < -0.3 is 10.6 Å². The third-order valence-corrected chi connectivity index (χ3v) is 3.61. The summed E-state index contributed by atoms with van der Waals surface area (Å²) in [5.41, 5.74) is -0.310. The Morgan fingerprint density at radius 3 is 2.62 bits per heavy atom. The predicted octanol–water partition coefficient (Wildman–Crippen LogP) is 1.93. The predicted molar refractivity (Wildman–Crippen MR) is 67.3 cm³/mol. The minimum atomic E-state index is -0.310. The van der Waals surface area contributed by atoms with Crippen molar-refractivity contribution < 1.29 is 4.79 Å². The second-order valence-electron chi connectivity index (χ2n) is 5.81. The van der Waals surface area contributed by atoms with Gasteiger partial charge in [-0.15, -0.1) is 0 Å². The molecular weight excluding hydrogens is 200 g/mol. The monoisotopic (exact) mass is 226 g/mol. The molecule has 3 heteroatoms. The highest BCUT2D eigenvalue weighted by Gasteiger charge is 2.28. The van der Waals surface area contributed by atoms with E-state index in [-0.39, 0.29) is 11.3 Å². The molecule has 1 saturated carbocycles. The summed E-state index contributed by atoms with van der Waals surface area (Å²) in [4.78, 5) is 11.6. The van der Waals surface area contributed by atoms with Crippen molar-refractivity contribution in [1.29, 1.82) is 0 Å². The summed E-state index contributed by atoms with van der Waals surface area (Å²) < 4.78 is 0. The van der Waals surface area contributed by atoms with Gasteiger partial charge >= 0.3 is 0 Å². The lowest BCUT2D eigenvalue weighted by atomic mass is 9.85. The largest absolute Gasteiger partial charge is 0.359 e. The van der Waals surface area contributed by atoms with Crippen LogP contribution in [0.5, 0.6) is 0 Å². The van der Waals surface area contributed by atoms with E-state index in [1.165, 1.54) is 25.7 Å². The first-order valence-electron chi connectivity index (χ1n) is 6.41. The number of amides is 1. The minimum absolute atomic E-state index is 0.115. The van der Waals surface area contributed by atoms with Crippen LogP contribution in [-0.2, 0) is 4.79 Å². The molecule has 0 aromatic rings. The van der Waals surface area contributed by atoms with Crippen LogP contribution in [0.3, 0.4) is 0 Å². The number of rotatable bonds is 4. The zero-order chi connectivity index (χ0) is 12.2. The van der Waals surface area contributed by atoms with E-state index in [1.807, 2.05) is 13.8 Å². The van der Waals surface area contributed by atoms with Crippen molar-refractivity contribution in [1.82, 2.24) is 10.6 Å². The molecule has 1 aliphatic carbocycles. The molecule has 0 aromatic carbocycles. The molecule has 94 valence electrons. The fourth-order valence-corrected chi connectivity index (χ4v) is 2.44. The van der Waals surface area contributed by atoms with Gasteiger partial charge in [-0.3, -0.25) is 4.79 Å². The Morgan fingerprint density at radius 1 is 1.38 bits per heavy atom. The molecular formula is C13H26N2O. The molecule has 1 fully saturated rings. The van der Waals surface area contributed by atoms with Crippen molar-refractivity contribution >= 4 is 5.91 Å². The van der Waals surface area contributed by atoms with Crippen LogP contribution >= 0.6 is 0 Å². The van der Waals surface area contributed by atoms with Crippen molar-refractivity contribution in [2.75, 3.05) is 13.6 Å². The maximum absolute atomic E-state index is 11.6. The molecule has 2 N–H and O–H groups in total. The normalized spacial score (nSPS) is 26.5. The second-order valence-corrected chi connectivity index (χ2v) is 5.81. The fourth-order valence-electron chi connectivity index (χ4n) is 2.44. The van der Waals surface area contributed by atoms with Gasteiger partial charge in [-0.2, -0.15) is 0 Å². The topological polar surface area (TPSA) is 41.1 Å². The highest BCUT2D eigenvalue weighted by molar-refractivity contribution is 5.81. The summed E-state index contributed by atoms with van der Waals surface area (Å²) in [5, 5.41) is 6.27. The lowest BCUT2D eigenvalue weighted by Crippen LogP contribution is -2.46. The van der Waals surface area contributed by atoms with Gasteiger partial charge in [0.1, 0.15) is 0 Å². The van der Waals surface area contributed by atoms with Crippen molar-refractivity contribution in [3.8, 4) is 0 Å². The molecule has 3 nitrogen and oxygen atoms in total. The fraction of sp³-hybridized carbons (Fsp3) is 0.923. The van der Waals surface area contributed by atoms with E-state index in [4.69, 9.17) is 0 Å². The molecule has 1 rings (SSSR count). The highest BCUT2D eigenvalue weighted by atomic mass is 16.2. The van der Waals surface area contributed by atoms with E-state index < -0.39 is 0 Å². The smallest absolute Gasteiger partial charge is 0.226 e. The molecule has 0 bridgehead atoms. The summed E-state index contributed by atoms with van der Waals surface area (Å²) in [6, 6.07) is 0.604. The number of carbonyl (C=O) groups is 1. The van der Waals surface area contributed by atoms with Crippen LogP contribution in [0.15, 0.2) is 0 Å². The van der Waals surface area contributed by atoms with Gasteiger partial charge in [-0.25, -0.2) is 0 Å². The summed E-state index contributed by atoms with van der Waals surface area (Å²) in [5.74, 6) is 0.943. The Bertz CT molecular complexity index is 238. The maximum Gasteiger partial charge on any atom is 0.226 e. The standard InChI is InChI=1S/C13H26N2O/c1-10-6-5-7-11(8-10)15-9-13(2,3)12(16)14-4/h10-11,15H,5-9H2,1-4H3,(H,14,16). The Kier molecular flexibility index (Phi) is 4.78. The first-order chi connectivity index (χ1) is 7.45. The number of hydrogen-bond donors (Lipinski definition) is 2. The Balaban J connectivity index is 2.35. The van der Waals surface area contributed by atoms with Crippen LogP contribution in [0.1, 0.15) is 46.5 Å². The van der Waals surface area contributed by atoms with E-state index in [0.29, 0.717) is 6.04 Å². The molecule has 1 aliphatic rings. The van der Waals surface area contributed by atoms with E-state index in [2.05, 4.69) is 17.6 Å². The van der Waals surface area contributed by atoms with Crippen LogP contribution in [0.25, 0.3) is 0 Å². The van der Waals surface area contributed by atoms with Gasteiger partial charge in [0.25, 0.3) is 0 Å². The molecule has 0 radical (unpaired) electrons. The molecule has 0 saturated heterocycles. The molecule has 0 heterocycles. The zero-order valence-electron chi connectivity index (χ0n) is 11.1. The number of hydrogen-bond acceptors (Lipinski definition) is 2. The van der Waals surface area contributed by atoms with E-state index in [0.717, 1.165) is 12.5 Å². The zero-order valence-corrected chi connectivity index (χ0v) is 11.1. The molecule has 16 heavy (non-hydrogen) atoms. The summed E-state index contributed by atoms with van der Waals surface area (Å²) >= 11 is 0. The van der Waals surface area contributed by atoms with Gasteiger partial charge in [0.15, 0.2) is 0 Å². The van der Waals surface area contributed by atoms with Crippen LogP contribution < -0.4 is 10.6 Å². The van der Waals surface area contributed by atoms with Crippen LogP contribution in [-0.4, -0.2) is 25.5 Å². The van der Waals surface area contributed by atoms with Gasteiger partial charge in [0, 0.05) is 19.6 Å².